The van der Waals surface area contributed by atoms with Crippen molar-refractivity contribution in [1.82, 2.24) is 15.0 Å². The van der Waals surface area contributed by atoms with Gasteiger partial charge in [0.15, 0.2) is 0 Å². The van der Waals surface area contributed by atoms with Crippen molar-refractivity contribution in [2.45, 2.75) is 13.1 Å². The van der Waals surface area contributed by atoms with Crippen LogP contribution in [0.15, 0.2) is 24.4 Å². The standard InChI is InChI=1S/C11H11F2N5O/c12-8-2-1-3-9(13)11(8)15-10(19)6-18-5-7(4-14)16-17-18/h1-3,5H,4,6,14H2,(H,15,19). The molecule has 0 aliphatic carbocycles. The summed E-state index contributed by atoms with van der Waals surface area (Å²) < 4.78 is 27.8. The Kier molecular flexibility index (Phi) is 3.81. The van der Waals surface area contributed by atoms with Gasteiger partial charge in [-0.25, -0.2) is 13.5 Å². The molecule has 6 nitrogen and oxygen atoms in total. The minimum atomic E-state index is -0.838. The number of carbonyl (C=O) groups excluding carboxylic acids is 1. The van der Waals surface area contributed by atoms with Crippen LogP contribution in [0.25, 0.3) is 0 Å². The molecule has 0 saturated carbocycles. The van der Waals surface area contributed by atoms with Crippen LogP contribution in [-0.4, -0.2) is 20.9 Å². The van der Waals surface area contributed by atoms with Crippen molar-refractivity contribution in [2.24, 2.45) is 5.73 Å². The van der Waals surface area contributed by atoms with E-state index in [1.54, 1.807) is 0 Å². The molecule has 0 aliphatic rings. The number of amides is 1. The Balaban J connectivity index is 2.05. The lowest BCUT2D eigenvalue weighted by Gasteiger charge is -2.06. The van der Waals surface area contributed by atoms with Gasteiger partial charge in [0, 0.05) is 6.54 Å². The zero-order valence-corrected chi connectivity index (χ0v) is 9.81. The first-order valence-electron chi connectivity index (χ1n) is 5.43. The van der Waals surface area contributed by atoms with Gasteiger partial charge in [-0.3, -0.25) is 4.79 Å². The van der Waals surface area contributed by atoms with E-state index >= 15 is 0 Å². The smallest absolute Gasteiger partial charge is 0.246 e. The molecule has 0 unspecified atom stereocenters. The molecule has 1 aromatic carbocycles. The Labute approximate surface area is 107 Å². The molecule has 2 rings (SSSR count). The first-order valence-corrected chi connectivity index (χ1v) is 5.43. The minimum absolute atomic E-state index is 0.198. The van der Waals surface area contributed by atoms with Crippen LogP contribution in [0.5, 0.6) is 0 Å². The van der Waals surface area contributed by atoms with Gasteiger partial charge < -0.3 is 11.1 Å². The highest BCUT2D eigenvalue weighted by atomic mass is 19.1. The van der Waals surface area contributed by atoms with Gasteiger partial charge in [0.1, 0.15) is 23.9 Å². The van der Waals surface area contributed by atoms with Gasteiger partial charge in [-0.1, -0.05) is 11.3 Å². The number of anilines is 1. The summed E-state index contributed by atoms with van der Waals surface area (Å²) in [4.78, 5) is 11.6. The van der Waals surface area contributed by atoms with Crippen molar-refractivity contribution in [3.8, 4) is 0 Å². The number of para-hydroxylation sites is 1. The minimum Gasteiger partial charge on any atom is -0.325 e. The van der Waals surface area contributed by atoms with Crippen LogP contribution in [-0.2, 0) is 17.9 Å². The Morgan fingerprint density at radius 1 is 1.37 bits per heavy atom. The van der Waals surface area contributed by atoms with E-state index in [1.807, 2.05) is 0 Å². The third-order valence-corrected chi connectivity index (χ3v) is 2.33. The van der Waals surface area contributed by atoms with E-state index in [1.165, 1.54) is 16.9 Å². The molecule has 0 bridgehead atoms. The van der Waals surface area contributed by atoms with Crippen LogP contribution in [0.3, 0.4) is 0 Å². The maximum atomic E-state index is 13.3. The van der Waals surface area contributed by atoms with Gasteiger partial charge in [0.2, 0.25) is 5.91 Å². The highest BCUT2D eigenvalue weighted by Gasteiger charge is 2.12. The van der Waals surface area contributed by atoms with Crippen molar-refractivity contribution in [3.05, 3.63) is 41.7 Å². The molecule has 19 heavy (non-hydrogen) atoms. The SMILES string of the molecule is NCc1cn(CC(=O)Nc2c(F)cccc2F)nn1. The van der Waals surface area contributed by atoms with Gasteiger partial charge >= 0.3 is 0 Å². The largest absolute Gasteiger partial charge is 0.325 e. The fourth-order valence-electron chi connectivity index (χ4n) is 1.45. The highest BCUT2D eigenvalue weighted by Crippen LogP contribution is 2.17. The van der Waals surface area contributed by atoms with Gasteiger partial charge in [0.25, 0.3) is 0 Å². The molecule has 0 fully saturated rings. The van der Waals surface area contributed by atoms with Crippen molar-refractivity contribution in [2.75, 3.05) is 5.32 Å². The molecule has 3 N–H and O–H groups in total. The lowest BCUT2D eigenvalue weighted by Crippen LogP contribution is -2.20. The van der Waals surface area contributed by atoms with E-state index < -0.39 is 23.2 Å². The average Bonchev–Trinajstić information content (AvgIpc) is 2.81. The fraction of sp³-hybridized carbons (Fsp3) is 0.182. The van der Waals surface area contributed by atoms with E-state index in [0.717, 1.165) is 12.1 Å². The second-order valence-corrected chi connectivity index (χ2v) is 3.76. The number of halogens is 2. The molecule has 1 aromatic heterocycles. The lowest BCUT2D eigenvalue weighted by molar-refractivity contribution is -0.117. The molecule has 0 aliphatic heterocycles. The number of benzene rings is 1. The van der Waals surface area contributed by atoms with Crippen molar-refractivity contribution in [1.29, 1.82) is 0 Å². The Bertz CT molecular complexity index is 578. The number of hydrogen-bond acceptors (Lipinski definition) is 4. The predicted octanol–water partition coefficient (Wildman–Crippen LogP) is 0.654. The van der Waals surface area contributed by atoms with Crippen LogP contribution < -0.4 is 11.1 Å². The number of hydrogen-bond donors (Lipinski definition) is 2. The number of nitrogens with two attached hydrogens (primary N) is 1. The molecule has 0 radical (unpaired) electrons. The quantitative estimate of drug-likeness (QED) is 0.851. The number of nitrogens with one attached hydrogen (secondary N) is 1. The summed E-state index contributed by atoms with van der Waals surface area (Å²) >= 11 is 0. The van der Waals surface area contributed by atoms with Crippen molar-refractivity contribution >= 4 is 11.6 Å². The number of rotatable bonds is 4. The molecule has 2 aromatic rings. The fourth-order valence-corrected chi connectivity index (χ4v) is 1.45. The summed E-state index contributed by atoms with van der Waals surface area (Å²) in [5.74, 6) is -2.29. The van der Waals surface area contributed by atoms with E-state index in [9.17, 15) is 13.6 Å². The Morgan fingerprint density at radius 3 is 2.63 bits per heavy atom. The number of carbonyl (C=O) groups is 1. The number of nitrogens with zero attached hydrogens (tertiary/aromatic N) is 3. The zero-order chi connectivity index (χ0) is 13.8. The summed E-state index contributed by atoms with van der Waals surface area (Å²) in [6, 6.07) is 3.33. The van der Waals surface area contributed by atoms with E-state index in [2.05, 4.69) is 15.6 Å². The molecule has 1 amide bonds. The van der Waals surface area contributed by atoms with Gasteiger partial charge in [-0.05, 0) is 12.1 Å². The molecular formula is C11H11F2N5O. The molecule has 0 saturated heterocycles. The first kappa shape index (κ1) is 13.1. The summed E-state index contributed by atoms with van der Waals surface area (Å²) in [5.41, 5.74) is 5.38. The van der Waals surface area contributed by atoms with Gasteiger partial charge in [0.05, 0.1) is 11.9 Å². The van der Waals surface area contributed by atoms with Gasteiger partial charge in [-0.15, -0.1) is 5.10 Å². The first-order chi connectivity index (χ1) is 9.10. The van der Waals surface area contributed by atoms with E-state index in [4.69, 9.17) is 5.73 Å². The monoisotopic (exact) mass is 267 g/mol. The maximum absolute atomic E-state index is 13.3. The third-order valence-electron chi connectivity index (χ3n) is 2.33. The van der Waals surface area contributed by atoms with Crippen LogP contribution in [0.4, 0.5) is 14.5 Å². The van der Waals surface area contributed by atoms with E-state index in [-0.39, 0.29) is 13.1 Å². The Hall–Kier alpha value is -2.35. The summed E-state index contributed by atoms with van der Waals surface area (Å²) in [6.07, 6.45) is 1.48. The van der Waals surface area contributed by atoms with Crippen molar-refractivity contribution in [3.63, 3.8) is 0 Å². The molecule has 8 heteroatoms. The third kappa shape index (κ3) is 3.10. The lowest BCUT2D eigenvalue weighted by atomic mass is 10.3. The van der Waals surface area contributed by atoms with Crippen molar-refractivity contribution < 1.29 is 13.6 Å². The van der Waals surface area contributed by atoms with Crippen LogP contribution in [0, 0.1) is 11.6 Å². The molecule has 100 valence electrons. The van der Waals surface area contributed by atoms with Crippen LogP contribution in [0.2, 0.25) is 0 Å². The van der Waals surface area contributed by atoms with Crippen LogP contribution >= 0.6 is 0 Å². The van der Waals surface area contributed by atoms with Crippen LogP contribution in [0.1, 0.15) is 5.69 Å². The molecule has 1 heterocycles. The summed E-state index contributed by atoms with van der Waals surface area (Å²) in [5, 5.41) is 9.49. The van der Waals surface area contributed by atoms with Gasteiger partial charge in [-0.2, -0.15) is 0 Å². The topological polar surface area (TPSA) is 85.8 Å². The second-order valence-electron chi connectivity index (χ2n) is 3.76. The normalized spacial score (nSPS) is 10.5. The zero-order valence-electron chi connectivity index (χ0n) is 9.81. The maximum Gasteiger partial charge on any atom is 0.246 e. The van der Waals surface area contributed by atoms with E-state index in [0.29, 0.717) is 5.69 Å². The highest BCUT2D eigenvalue weighted by molar-refractivity contribution is 5.90. The second kappa shape index (κ2) is 5.53. The molecule has 0 spiro atoms. The molecular weight excluding hydrogens is 256 g/mol. The molecule has 0 atom stereocenters. The summed E-state index contributed by atoms with van der Waals surface area (Å²) in [6.45, 7) is -0.00959. The Morgan fingerprint density at radius 2 is 2.05 bits per heavy atom. The predicted molar refractivity (Wildman–Crippen MR) is 62.9 cm³/mol. The summed E-state index contributed by atoms with van der Waals surface area (Å²) in [7, 11) is 0. The average molecular weight is 267 g/mol. The number of aromatic nitrogens is 3.